The average molecular weight is 260 g/mol. The Bertz CT molecular complexity index is 341. The predicted octanol–water partition coefficient (Wildman–Crippen LogP) is 2.57. The maximum absolute atomic E-state index is 12.8. The second kappa shape index (κ2) is 5.12. The maximum atomic E-state index is 12.8. The molecule has 0 atom stereocenters. The Hall–Kier alpha value is -0.870. The van der Waals surface area contributed by atoms with Crippen molar-refractivity contribution in [3.63, 3.8) is 0 Å². The molecule has 0 unspecified atom stereocenters. The lowest BCUT2D eigenvalue weighted by molar-refractivity contribution is 0.356. The smallest absolute Gasteiger partial charge is 0.124 e. The van der Waals surface area contributed by atoms with Crippen LogP contribution in [0.3, 0.4) is 0 Å². The van der Waals surface area contributed by atoms with Crippen LogP contribution >= 0.6 is 15.9 Å². The van der Waals surface area contributed by atoms with Crippen molar-refractivity contribution in [1.29, 1.82) is 0 Å². The minimum atomic E-state index is -0.310. The number of nitrogens with two attached hydrogens (primary N) is 1. The number of ether oxygens (including phenoxy) is 1. The number of halogens is 2. The molecule has 4 heteroatoms. The molecule has 0 aliphatic heterocycles. The molecule has 0 radical (unpaired) electrons. The molecule has 0 bridgehead atoms. The molecule has 0 heterocycles. The van der Waals surface area contributed by atoms with Crippen molar-refractivity contribution in [1.82, 2.24) is 0 Å². The molecule has 76 valence electrons. The normalized spacial score (nSPS) is 9.93. The van der Waals surface area contributed by atoms with E-state index in [1.165, 1.54) is 12.1 Å². The molecule has 1 aromatic rings. The zero-order valence-corrected chi connectivity index (χ0v) is 9.18. The fourth-order valence-electron chi connectivity index (χ4n) is 1.00. The van der Waals surface area contributed by atoms with Gasteiger partial charge in [-0.2, -0.15) is 0 Å². The Morgan fingerprint density at radius 1 is 1.57 bits per heavy atom. The molecule has 2 nitrogen and oxygen atoms in total. The Balaban J connectivity index is 2.80. The van der Waals surface area contributed by atoms with E-state index >= 15 is 0 Å². The monoisotopic (exact) mass is 259 g/mol. The molecule has 0 saturated carbocycles. The quantitative estimate of drug-likeness (QED) is 0.902. The minimum Gasteiger partial charge on any atom is -0.488 e. The molecular weight excluding hydrogens is 249 g/mol. The first-order valence-corrected chi connectivity index (χ1v) is 4.87. The van der Waals surface area contributed by atoms with Gasteiger partial charge in [0.2, 0.25) is 0 Å². The number of hydrogen-bond donors (Lipinski definition) is 1. The summed E-state index contributed by atoms with van der Waals surface area (Å²) in [5, 5.41) is 0. The van der Waals surface area contributed by atoms with E-state index in [2.05, 4.69) is 22.5 Å². The van der Waals surface area contributed by atoms with Crippen molar-refractivity contribution >= 4 is 15.9 Å². The van der Waals surface area contributed by atoms with Gasteiger partial charge in [0.05, 0.1) is 0 Å². The predicted molar refractivity (Wildman–Crippen MR) is 57.9 cm³/mol. The molecule has 2 N–H and O–H groups in total. The third-order valence-electron chi connectivity index (χ3n) is 1.63. The Morgan fingerprint density at radius 2 is 2.29 bits per heavy atom. The molecule has 0 fully saturated rings. The Labute approximate surface area is 90.7 Å². The van der Waals surface area contributed by atoms with Gasteiger partial charge in [-0.25, -0.2) is 4.39 Å². The van der Waals surface area contributed by atoms with Crippen LogP contribution in [-0.2, 0) is 6.54 Å². The number of rotatable bonds is 4. The highest BCUT2D eigenvalue weighted by atomic mass is 79.9. The molecule has 0 aliphatic rings. The highest BCUT2D eigenvalue weighted by molar-refractivity contribution is 9.11. The van der Waals surface area contributed by atoms with Gasteiger partial charge in [0.15, 0.2) is 0 Å². The van der Waals surface area contributed by atoms with E-state index in [4.69, 9.17) is 10.5 Å². The van der Waals surface area contributed by atoms with E-state index in [0.717, 1.165) is 4.48 Å². The SMILES string of the molecule is C=C(Br)COc1ccc(F)cc1CN. The van der Waals surface area contributed by atoms with E-state index < -0.39 is 0 Å². The minimum absolute atomic E-state index is 0.252. The maximum Gasteiger partial charge on any atom is 0.124 e. The summed E-state index contributed by atoms with van der Waals surface area (Å²) in [7, 11) is 0. The summed E-state index contributed by atoms with van der Waals surface area (Å²) in [6, 6.07) is 4.27. The second-order valence-electron chi connectivity index (χ2n) is 2.76. The van der Waals surface area contributed by atoms with Gasteiger partial charge in [-0.3, -0.25) is 0 Å². The standard InChI is InChI=1S/C10H11BrFNO/c1-7(11)6-14-10-3-2-9(12)4-8(10)5-13/h2-4H,1,5-6,13H2. The molecule has 14 heavy (non-hydrogen) atoms. The lowest BCUT2D eigenvalue weighted by Gasteiger charge is -2.09. The average Bonchev–Trinajstić information content (AvgIpc) is 2.15. The van der Waals surface area contributed by atoms with Gasteiger partial charge in [0.25, 0.3) is 0 Å². The second-order valence-corrected chi connectivity index (χ2v) is 3.88. The van der Waals surface area contributed by atoms with Gasteiger partial charge in [-0.1, -0.05) is 22.5 Å². The van der Waals surface area contributed by atoms with Gasteiger partial charge >= 0.3 is 0 Å². The number of benzene rings is 1. The van der Waals surface area contributed by atoms with E-state index in [1.807, 2.05) is 0 Å². The summed E-state index contributed by atoms with van der Waals surface area (Å²) in [5.74, 6) is 0.282. The first kappa shape index (κ1) is 11.2. The molecule has 0 spiro atoms. The summed E-state index contributed by atoms with van der Waals surface area (Å²) < 4.78 is 18.9. The third kappa shape index (κ3) is 3.12. The van der Waals surface area contributed by atoms with Crippen molar-refractivity contribution in [2.24, 2.45) is 5.73 Å². The van der Waals surface area contributed by atoms with Gasteiger partial charge < -0.3 is 10.5 Å². The molecule has 0 saturated heterocycles. The summed E-state index contributed by atoms with van der Waals surface area (Å²) in [6.45, 7) is 4.23. The van der Waals surface area contributed by atoms with Gasteiger partial charge in [-0.05, 0) is 18.2 Å². The lowest BCUT2D eigenvalue weighted by atomic mass is 10.2. The first-order valence-electron chi connectivity index (χ1n) is 4.08. The van der Waals surface area contributed by atoms with E-state index in [9.17, 15) is 4.39 Å². The van der Waals surface area contributed by atoms with Gasteiger partial charge in [0, 0.05) is 16.6 Å². The van der Waals surface area contributed by atoms with Gasteiger partial charge in [0.1, 0.15) is 18.2 Å². The Morgan fingerprint density at radius 3 is 2.86 bits per heavy atom. The van der Waals surface area contributed by atoms with E-state index in [1.54, 1.807) is 6.07 Å². The van der Waals surface area contributed by atoms with Crippen LogP contribution in [0.1, 0.15) is 5.56 Å². The van der Waals surface area contributed by atoms with Crippen LogP contribution in [0, 0.1) is 5.82 Å². The van der Waals surface area contributed by atoms with Crippen molar-refractivity contribution in [3.8, 4) is 5.75 Å². The van der Waals surface area contributed by atoms with Crippen molar-refractivity contribution < 1.29 is 9.13 Å². The van der Waals surface area contributed by atoms with Gasteiger partial charge in [-0.15, -0.1) is 0 Å². The highest BCUT2D eigenvalue weighted by Crippen LogP contribution is 2.20. The van der Waals surface area contributed by atoms with Crippen LogP contribution in [0.4, 0.5) is 4.39 Å². The van der Waals surface area contributed by atoms with Crippen molar-refractivity contribution in [3.05, 3.63) is 40.6 Å². The fraction of sp³-hybridized carbons (Fsp3) is 0.200. The lowest BCUT2D eigenvalue weighted by Crippen LogP contribution is -2.04. The first-order chi connectivity index (χ1) is 6.63. The fourth-order valence-corrected chi connectivity index (χ4v) is 1.12. The van der Waals surface area contributed by atoms with Crippen LogP contribution < -0.4 is 10.5 Å². The van der Waals surface area contributed by atoms with Crippen molar-refractivity contribution in [2.45, 2.75) is 6.54 Å². The van der Waals surface area contributed by atoms with Crippen LogP contribution in [-0.4, -0.2) is 6.61 Å². The summed E-state index contributed by atoms with van der Waals surface area (Å²) in [5.41, 5.74) is 6.10. The van der Waals surface area contributed by atoms with Crippen LogP contribution in [0.15, 0.2) is 29.3 Å². The molecule has 0 amide bonds. The highest BCUT2D eigenvalue weighted by Gasteiger charge is 2.03. The van der Waals surface area contributed by atoms with E-state index in [-0.39, 0.29) is 12.4 Å². The molecule has 0 aliphatic carbocycles. The van der Waals surface area contributed by atoms with Crippen LogP contribution in [0.25, 0.3) is 0 Å². The summed E-state index contributed by atoms with van der Waals surface area (Å²) in [4.78, 5) is 0. The van der Waals surface area contributed by atoms with Crippen LogP contribution in [0.5, 0.6) is 5.75 Å². The largest absolute Gasteiger partial charge is 0.488 e. The molecule has 0 aromatic heterocycles. The number of hydrogen-bond acceptors (Lipinski definition) is 2. The van der Waals surface area contributed by atoms with Crippen LogP contribution in [0.2, 0.25) is 0 Å². The molecule has 1 aromatic carbocycles. The molecular formula is C10H11BrFNO. The molecule has 1 rings (SSSR count). The zero-order chi connectivity index (χ0) is 10.6. The van der Waals surface area contributed by atoms with Crippen molar-refractivity contribution in [2.75, 3.05) is 6.61 Å². The third-order valence-corrected chi connectivity index (χ3v) is 1.86. The van der Waals surface area contributed by atoms with E-state index in [0.29, 0.717) is 17.9 Å². The summed E-state index contributed by atoms with van der Waals surface area (Å²) >= 11 is 3.17. The Kier molecular flexibility index (Phi) is 4.10. The topological polar surface area (TPSA) is 35.2 Å². The summed E-state index contributed by atoms with van der Waals surface area (Å²) in [6.07, 6.45) is 0. The zero-order valence-electron chi connectivity index (χ0n) is 7.59.